The Labute approximate surface area is 60.5 Å². The summed E-state index contributed by atoms with van der Waals surface area (Å²) in [6.07, 6.45) is -5.30. The van der Waals surface area contributed by atoms with Gasteiger partial charge >= 0.3 is 6.18 Å². The zero-order valence-electron chi connectivity index (χ0n) is 7.07. The lowest BCUT2D eigenvalue weighted by molar-refractivity contribution is -0.154. The first-order chi connectivity index (χ1) is 4.50. The topological polar surface area (TPSA) is 46.2 Å². The predicted molar refractivity (Wildman–Crippen MR) is 28.4 cm³/mol. The first-order valence-electron chi connectivity index (χ1n) is 3.08. The van der Waals surface area contributed by atoms with E-state index in [0.717, 1.165) is 0 Å². The third-order valence-corrected chi connectivity index (χ3v) is 0.426. The molecule has 0 spiro atoms. The molecule has 58 valence electrons. The van der Waals surface area contributed by atoms with Gasteiger partial charge < -0.3 is 10.8 Å². The summed E-state index contributed by atoms with van der Waals surface area (Å²) in [5.41, 5.74) is 4.19. The van der Waals surface area contributed by atoms with Crippen LogP contribution in [0.3, 0.4) is 0 Å². The van der Waals surface area contributed by atoms with Gasteiger partial charge in [-0.3, -0.25) is 0 Å². The van der Waals surface area contributed by atoms with Crippen LogP contribution in [0.25, 0.3) is 0 Å². The largest absolute Gasteiger partial charge is 0.405 e. The van der Waals surface area contributed by atoms with Crippen molar-refractivity contribution in [2.24, 2.45) is 5.73 Å². The minimum Gasteiger partial charge on any atom is -0.394 e. The van der Waals surface area contributed by atoms with Crippen LogP contribution in [0, 0.1) is 0 Å². The summed E-state index contributed by atoms with van der Waals surface area (Å²) in [5, 5.41) is 8.18. The molecule has 0 fully saturated rings. The lowest BCUT2D eigenvalue weighted by Gasteiger charge is -2.10. The Hall–Kier alpha value is -0.0000000000000000555. The average Bonchev–Trinajstić information content (AvgIpc) is 1.58. The standard InChI is InChI=1S/C3H6F3NO.ClH/c4-3(5,6)2(7)1-8;/h2,8H,1,7H2;1H/t2-;/m0./s1/i1D2,2D;. The van der Waals surface area contributed by atoms with Gasteiger partial charge in [-0.2, -0.15) is 13.2 Å². The van der Waals surface area contributed by atoms with E-state index in [4.69, 9.17) is 9.22 Å². The minimum atomic E-state index is -5.30. The fourth-order valence-electron chi connectivity index (χ4n) is 0.0634. The smallest absolute Gasteiger partial charge is 0.394 e. The summed E-state index contributed by atoms with van der Waals surface area (Å²) in [6.45, 7) is -3.80. The quantitative estimate of drug-likeness (QED) is 0.591. The molecular weight excluding hydrogens is 158 g/mol. The van der Waals surface area contributed by atoms with Crippen LogP contribution in [0.5, 0.6) is 0 Å². The Morgan fingerprint density at radius 3 is 2.11 bits per heavy atom. The number of hydrogen-bond donors (Lipinski definition) is 2. The SMILES string of the molecule is Cl.[2H]C([2H])(O)[C@]([2H])(N)C(F)(F)F. The maximum Gasteiger partial charge on any atom is 0.405 e. The van der Waals surface area contributed by atoms with Gasteiger partial charge in [0.25, 0.3) is 0 Å². The second-order valence-corrected chi connectivity index (χ2v) is 1.02. The summed E-state index contributed by atoms with van der Waals surface area (Å²) in [5.74, 6) is 0. The van der Waals surface area contributed by atoms with Crippen LogP contribution in [0.2, 0.25) is 0 Å². The van der Waals surface area contributed by atoms with E-state index in [1.54, 1.807) is 0 Å². The van der Waals surface area contributed by atoms with E-state index >= 15 is 0 Å². The fourth-order valence-corrected chi connectivity index (χ4v) is 0.0634. The van der Waals surface area contributed by atoms with Crippen molar-refractivity contribution in [3.05, 3.63) is 0 Å². The van der Waals surface area contributed by atoms with E-state index in [0.29, 0.717) is 0 Å². The van der Waals surface area contributed by atoms with Crippen LogP contribution >= 0.6 is 12.4 Å². The van der Waals surface area contributed by atoms with Gasteiger partial charge in [0.2, 0.25) is 0 Å². The molecule has 0 aliphatic carbocycles. The predicted octanol–water partition coefficient (Wildman–Crippen LogP) is 0.290. The molecular formula is C3H7ClF3NO. The van der Waals surface area contributed by atoms with Crippen molar-refractivity contribution < 1.29 is 22.4 Å². The number of aliphatic hydroxyl groups is 1. The molecule has 1 atom stereocenters. The molecule has 0 aromatic heterocycles. The summed E-state index contributed by atoms with van der Waals surface area (Å²) < 4.78 is 53.5. The highest BCUT2D eigenvalue weighted by Gasteiger charge is 2.35. The van der Waals surface area contributed by atoms with Crippen molar-refractivity contribution >= 4 is 12.4 Å². The van der Waals surface area contributed by atoms with Crippen LogP contribution in [0.1, 0.15) is 4.11 Å². The maximum atomic E-state index is 11.6. The summed E-state index contributed by atoms with van der Waals surface area (Å²) in [7, 11) is 0. The summed E-state index contributed by atoms with van der Waals surface area (Å²) in [4.78, 5) is 0. The van der Waals surface area contributed by atoms with Crippen LogP contribution < -0.4 is 5.73 Å². The first-order valence-corrected chi connectivity index (χ1v) is 1.58. The first kappa shape index (κ1) is 5.76. The summed E-state index contributed by atoms with van der Waals surface area (Å²) in [6, 6.07) is -3.99. The van der Waals surface area contributed by atoms with Crippen molar-refractivity contribution in [2.75, 3.05) is 6.56 Å². The minimum absolute atomic E-state index is 0. The molecule has 2 nitrogen and oxygen atoms in total. The third kappa shape index (κ3) is 4.50. The Balaban J connectivity index is 0. The highest BCUT2D eigenvalue weighted by Crippen LogP contribution is 2.17. The molecule has 3 N–H and O–H groups in total. The molecule has 0 aromatic rings. The summed E-state index contributed by atoms with van der Waals surface area (Å²) >= 11 is 0. The highest BCUT2D eigenvalue weighted by molar-refractivity contribution is 5.85. The van der Waals surface area contributed by atoms with Gasteiger partial charge in [0.1, 0.15) is 6.02 Å². The number of nitrogens with two attached hydrogens (primary N) is 1. The Morgan fingerprint density at radius 1 is 1.78 bits per heavy atom. The maximum absolute atomic E-state index is 11.6. The third-order valence-electron chi connectivity index (χ3n) is 0.426. The Morgan fingerprint density at radius 2 is 2.11 bits per heavy atom. The van der Waals surface area contributed by atoms with Crippen molar-refractivity contribution in [2.45, 2.75) is 12.2 Å². The van der Waals surface area contributed by atoms with Crippen LogP contribution in [-0.4, -0.2) is 23.9 Å². The van der Waals surface area contributed by atoms with Gasteiger partial charge in [0, 0.05) is 0 Å². The zero-order chi connectivity index (χ0) is 9.50. The van der Waals surface area contributed by atoms with Crippen molar-refractivity contribution in [1.29, 1.82) is 0 Å². The molecule has 0 saturated heterocycles. The lowest BCUT2D eigenvalue weighted by atomic mass is 10.3. The van der Waals surface area contributed by atoms with Gasteiger partial charge in [-0.25, -0.2) is 0 Å². The van der Waals surface area contributed by atoms with Crippen LogP contribution in [-0.2, 0) is 0 Å². The molecule has 6 heteroatoms. The van der Waals surface area contributed by atoms with Gasteiger partial charge in [-0.1, -0.05) is 0 Å². The molecule has 0 aromatic carbocycles. The van der Waals surface area contributed by atoms with Gasteiger partial charge in [0.15, 0.2) is 0 Å². The molecule has 0 radical (unpaired) electrons. The monoisotopic (exact) mass is 168 g/mol. The van der Waals surface area contributed by atoms with Crippen LogP contribution in [0.4, 0.5) is 13.2 Å². The van der Waals surface area contributed by atoms with Crippen molar-refractivity contribution in [3.8, 4) is 0 Å². The number of alkyl halides is 3. The van der Waals surface area contributed by atoms with Crippen molar-refractivity contribution in [1.82, 2.24) is 0 Å². The van der Waals surface area contributed by atoms with Crippen molar-refractivity contribution in [3.63, 3.8) is 0 Å². The molecule has 0 heterocycles. The zero-order valence-corrected chi connectivity index (χ0v) is 4.88. The molecule has 0 amide bonds. The second kappa shape index (κ2) is 3.92. The van der Waals surface area contributed by atoms with E-state index in [-0.39, 0.29) is 12.4 Å². The number of rotatable bonds is 1. The normalized spacial score (nSPS) is 24.3. The van der Waals surface area contributed by atoms with E-state index in [9.17, 15) is 13.2 Å². The van der Waals surface area contributed by atoms with Gasteiger partial charge in [-0.15, -0.1) is 12.4 Å². The number of hydrogen-bond acceptors (Lipinski definition) is 2. The van der Waals surface area contributed by atoms with E-state index in [1.165, 1.54) is 0 Å². The van der Waals surface area contributed by atoms with Crippen LogP contribution in [0.15, 0.2) is 0 Å². The molecule has 0 rings (SSSR count). The highest BCUT2D eigenvalue weighted by atomic mass is 35.5. The molecule has 9 heavy (non-hydrogen) atoms. The fraction of sp³-hybridized carbons (Fsp3) is 1.00. The lowest BCUT2D eigenvalue weighted by Crippen LogP contribution is -2.40. The Kier molecular flexibility index (Phi) is 2.51. The van der Waals surface area contributed by atoms with E-state index in [1.807, 2.05) is 0 Å². The molecule has 0 aliphatic heterocycles. The molecule has 0 bridgehead atoms. The molecule has 0 unspecified atom stereocenters. The van der Waals surface area contributed by atoms with E-state index < -0.39 is 18.8 Å². The van der Waals surface area contributed by atoms with Gasteiger partial charge in [0.05, 0.1) is 10.7 Å². The van der Waals surface area contributed by atoms with Gasteiger partial charge in [-0.05, 0) is 0 Å². The second-order valence-electron chi connectivity index (χ2n) is 1.02. The average molecular weight is 169 g/mol. The number of halogens is 4. The molecule has 0 aliphatic rings. The molecule has 0 saturated carbocycles. The van der Waals surface area contributed by atoms with E-state index in [2.05, 4.69) is 5.73 Å². The Bertz CT molecular complexity index is 140.